The quantitative estimate of drug-likeness (QED) is 0.194. The van der Waals surface area contributed by atoms with Crippen molar-refractivity contribution in [2.45, 2.75) is 20.8 Å². The van der Waals surface area contributed by atoms with Crippen molar-refractivity contribution >= 4 is 39.3 Å². The number of nitrogens with zero attached hydrogens (tertiary/aromatic N) is 4. The third-order valence-corrected chi connectivity index (χ3v) is 8.78. The van der Waals surface area contributed by atoms with Gasteiger partial charge in [-0.15, -0.1) is 0 Å². The number of aryl methyl sites for hydroxylation is 3. The summed E-state index contributed by atoms with van der Waals surface area (Å²) in [5.74, 6) is -0.630. The van der Waals surface area contributed by atoms with Gasteiger partial charge >= 0.3 is 0 Å². The van der Waals surface area contributed by atoms with Crippen LogP contribution in [0.15, 0.2) is 116 Å². The zero-order chi connectivity index (χ0) is 30.8. The van der Waals surface area contributed by atoms with Gasteiger partial charge in [0.25, 0.3) is 11.8 Å². The summed E-state index contributed by atoms with van der Waals surface area (Å²) in [6.45, 7) is 5.93. The molecule has 0 atom stereocenters. The molecule has 6 nitrogen and oxygen atoms in total. The van der Waals surface area contributed by atoms with Gasteiger partial charge in [0.2, 0.25) is 0 Å². The lowest BCUT2D eigenvalue weighted by atomic mass is 10.0. The Morgan fingerprint density at radius 2 is 1.04 bits per heavy atom. The number of aromatic nitrogens is 3. The Hall–Kier alpha value is -5.88. The molecular weight excluding hydrogens is 556 g/mol. The lowest BCUT2D eigenvalue weighted by Crippen LogP contribution is -2.31. The fourth-order valence-corrected chi connectivity index (χ4v) is 7.07. The van der Waals surface area contributed by atoms with Crippen LogP contribution in [0.1, 0.15) is 37.4 Å². The zero-order valence-electron chi connectivity index (χ0n) is 25.1. The second kappa shape index (κ2) is 10.1. The fourth-order valence-electron chi connectivity index (χ4n) is 7.07. The van der Waals surface area contributed by atoms with Gasteiger partial charge in [0, 0.05) is 46.7 Å². The van der Waals surface area contributed by atoms with Crippen molar-refractivity contribution in [3.63, 3.8) is 0 Å². The molecule has 3 aromatic heterocycles. The highest BCUT2D eigenvalue weighted by atomic mass is 16.2. The summed E-state index contributed by atoms with van der Waals surface area (Å²) >= 11 is 0. The van der Waals surface area contributed by atoms with Crippen LogP contribution in [0.3, 0.4) is 0 Å². The molecule has 0 bridgehead atoms. The van der Waals surface area contributed by atoms with E-state index in [9.17, 15) is 9.59 Å². The molecule has 6 heteroatoms. The molecule has 0 saturated heterocycles. The van der Waals surface area contributed by atoms with E-state index in [1.165, 1.54) is 4.90 Å². The minimum absolute atomic E-state index is 0.309. The number of fused-ring (bicyclic) bond motifs is 4. The van der Waals surface area contributed by atoms with Crippen LogP contribution < -0.4 is 4.90 Å². The number of anilines is 1. The first kappa shape index (κ1) is 26.7. The van der Waals surface area contributed by atoms with E-state index >= 15 is 0 Å². The van der Waals surface area contributed by atoms with E-state index in [1.807, 2.05) is 69.3 Å². The van der Waals surface area contributed by atoms with Gasteiger partial charge in [-0.3, -0.25) is 19.6 Å². The molecule has 0 N–H and O–H groups in total. The molecule has 216 valence electrons. The minimum atomic E-state index is -0.321. The third kappa shape index (κ3) is 3.96. The standard InChI is InChI=1S/C39H28N4O2/c1-23-21-24(2)35(25(3)22-23)43-38(44)32-11-6-12-33(34(32)39(43)45)42-36-28(26-13-17-40-18-14-26)7-4-9-30(36)31-10-5-8-29(37(31)42)27-15-19-41-20-16-27/h4-22H,1-3H3. The third-order valence-electron chi connectivity index (χ3n) is 8.78. The Kier molecular flexibility index (Phi) is 6.00. The van der Waals surface area contributed by atoms with E-state index in [4.69, 9.17) is 0 Å². The first-order chi connectivity index (χ1) is 21.9. The lowest BCUT2D eigenvalue weighted by molar-refractivity contribution is 0.0925. The van der Waals surface area contributed by atoms with Crippen molar-refractivity contribution < 1.29 is 9.59 Å². The van der Waals surface area contributed by atoms with Crippen molar-refractivity contribution in [3.8, 4) is 27.9 Å². The van der Waals surface area contributed by atoms with Crippen LogP contribution in [-0.2, 0) is 0 Å². The van der Waals surface area contributed by atoms with Gasteiger partial charge in [-0.1, -0.05) is 60.2 Å². The Balaban J connectivity index is 1.49. The Morgan fingerprint density at radius 3 is 1.58 bits per heavy atom. The molecule has 1 aliphatic heterocycles. The van der Waals surface area contributed by atoms with Crippen LogP contribution >= 0.6 is 0 Å². The van der Waals surface area contributed by atoms with Crippen molar-refractivity contribution in [3.05, 3.63) is 144 Å². The molecule has 8 rings (SSSR count). The smallest absolute Gasteiger partial charge is 0.268 e. The normalized spacial score (nSPS) is 12.8. The Labute approximate surface area is 260 Å². The summed E-state index contributed by atoms with van der Waals surface area (Å²) in [6, 6.07) is 30.2. The van der Waals surface area contributed by atoms with Gasteiger partial charge in [0.15, 0.2) is 0 Å². The number of benzene rings is 4. The number of carbonyl (C=O) groups excluding carboxylic acids is 2. The molecule has 2 amide bonds. The molecule has 4 heterocycles. The highest BCUT2D eigenvalue weighted by Crippen LogP contribution is 2.44. The highest BCUT2D eigenvalue weighted by molar-refractivity contribution is 6.36. The van der Waals surface area contributed by atoms with Gasteiger partial charge in [-0.25, -0.2) is 4.90 Å². The summed E-state index contributed by atoms with van der Waals surface area (Å²) in [7, 11) is 0. The average Bonchev–Trinajstić information content (AvgIpc) is 3.53. The van der Waals surface area contributed by atoms with Gasteiger partial charge in [0.05, 0.1) is 33.5 Å². The monoisotopic (exact) mass is 584 g/mol. The van der Waals surface area contributed by atoms with Crippen LogP contribution in [0.25, 0.3) is 49.7 Å². The number of carbonyl (C=O) groups is 2. The Morgan fingerprint density at radius 1 is 0.556 bits per heavy atom. The van der Waals surface area contributed by atoms with Crippen LogP contribution in [-0.4, -0.2) is 26.3 Å². The number of hydrogen-bond acceptors (Lipinski definition) is 4. The number of hydrogen-bond donors (Lipinski definition) is 0. The van der Waals surface area contributed by atoms with E-state index in [-0.39, 0.29) is 11.8 Å². The zero-order valence-corrected chi connectivity index (χ0v) is 25.1. The molecular formula is C39H28N4O2. The Bertz CT molecular complexity index is 2220. The maximum atomic E-state index is 14.6. The van der Waals surface area contributed by atoms with Crippen molar-refractivity contribution in [1.82, 2.24) is 14.5 Å². The van der Waals surface area contributed by atoms with Gasteiger partial charge in [-0.05, 0) is 79.4 Å². The fraction of sp³-hybridized carbons (Fsp3) is 0.0769. The highest BCUT2D eigenvalue weighted by Gasteiger charge is 2.40. The first-order valence-corrected chi connectivity index (χ1v) is 14.9. The van der Waals surface area contributed by atoms with Crippen LogP contribution in [0, 0.1) is 20.8 Å². The van der Waals surface area contributed by atoms with Crippen LogP contribution in [0.4, 0.5) is 5.69 Å². The summed E-state index contributed by atoms with van der Waals surface area (Å²) in [4.78, 5) is 38.5. The molecule has 45 heavy (non-hydrogen) atoms. The summed E-state index contributed by atoms with van der Waals surface area (Å²) < 4.78 is 2.18. The molecule has 0 aliphatic carbocycles. The van der Waals surface area contributed by atoms with Crippen molar-refractivity contribution in [2.75, 3.05) is 4.90 Å². The molecule has 0 fully saturated rings. The molecule has 0 unspecified atom stereocenters. The predicted molar refractivity (Wildman–Crippen MR) is 179 cm³/mol. The molecule has 0 radical (unpaired) electrons. The van der Waals surface area contributed by atoms with Crippen molar-refractivity contribution in [1.29, 1.82) is 0 Å². The average molecular weight is 585 g/mol. The van der Waals surface area contributed by atoms with Gasteiger partial charge in [-0.2, -0.15) is 0 Å². The van der Waals surface area contributed by atoms with Gasteiger partial charge < -0.3 is 4.57 Å². The minimum Gasteiger partial charge on any atom is -0.307 e. The molecule has 0 spiro atoms. The summed E-state index contributed by atoms with van der Waals surface area (Å²) in [5, 5.41) is 2.10. The van der Waals surface area contributed by atoms with E-state index in [0.29, 0.717) is 22.5 Å². The maximum Gasteiger partial charge on any atom is 0.268 e. The lowest BCUT2D eigenvalue weighted by Gasteiger charge is -2.20. The largest absolute Gasteiger partial charge is 0.307 e. The van der Waals surface area contributed by atoms with Crippen LogP contribution in [0.2, 0.25) is 0 Å². The predicted octanol–water partition coefficient (Wildman–Crippen LogP) is 8.63. The SMILES string of the molecule is Cc1cc(C)c(N2C(=O)c3cccc(-n4c5c(-c6ccncc6)cccc5c5cccc(-c6ccncc6)c54)c3C2=O)c(C)c1. The number of amides is 2. The molecule has 0 saturated carbocycles. The number of imide groups is 1. The molecule has 7 aromatic rings. The van der Waals surface area contributed by atoms with E-state index in [0.717, 1.165) is 60.8 Å². The summed E-state index contributed by atoms with van der Waals surface area (Å²) in [5.41, 5.74) is 10.9. The van der Waals surface area contributed by atoms with Gasteiger partial charge in [0.1, 0.15) is 0 Å². The van der Waals surface area contributed by atoms with E-state index in [2.05, 4.69) is 50.9 Å². The van der Waals surface area contributed by atoms with E-state index < -0.39 is 0 Å². The molecule has 4 aromatic carbocycles. The topological polar surface area (TPSA) is 68.1 Å². The van der Waals surface area contributed by atoms with Crippen LogP contribution in [0.5, 0.6) is 0 Å². The second-order valence-corrected chi connectivity index (χ2v) is 11.6. The number of para-hydroxylation sites is 2. The van der Waals surface area contributed by atoms with E-state index in [1.54, 1.807) is 30.9 Å². The number of pyridine rings is 2. The second-order valence-electron chi connectivity index (χ2n) is 11.6. The van der Waals surface area contributed by atoms with Crippen molar-refractivity contribution in [2.24, 2.45) is 0 Å². The number of rotatable bonds is 4. The summed E-state index contributed by atoms with van der Waals surface area (Å²) in [6.07, 6.45) is 7.15. The molecule has 1 aliphatic rings. The first-order valence-electron chi connectivity index (χ1n) is 14.9. The maximum absolute atomic E-state index is 14.6.